The van der Waals surface area contributed by atoms with Crippen molar-refractivity contribution in [2.45, 2.75) is 33.2 Å². The molecular weight excluding hydrogens is 374 g/mol. The summed E-state index contributed by atoms with van der Waals surface area (Å²) in [7, 11) is 0. The first kappa shape index (κ1) is 21.3. The zero-order valence-electron chi connectivity index (χ0n) is 17.4. The third-order valence-electron chi connectivity index (χ3n) is 5.23. The molecule has 4 heteroatoms. The predicted molar refractivity (Wildman–Crippen MR) is 120 cm³/mol. The molecule has 0 aliphatic rings. The van der Waals surface area contributed by atoms with E-state index >= 15 is 0 Å². The Morgan fingerprint density at radius 2 is 1.83 bits per heavy atom. The van der Waals surface area contributed by atoms with Crippen LogP contribution >= 0.6 is 0 Å². The molecule has 2 aromatic carbocycles. The number of benzene rings is 2. The highest BCUT2D eigenvalue weighted by Gasteiger charge is 2.15. The maximum absolute atomic E-state index is 12.6. The zero-order valence-corrected chi connectivity index (χ0v) is 17.4. The monoisotopic (exact) mass is 401 g/mol. The van der Waals surface area contributed by atoms with Gasteiger partial charge in [-0.15, -0.1) is 0 Å². The van der Waals surface area contributed by atoms with Crippen molar-refractivity contribution in [2.24, 2.45) is 5.92 Å². The second kappa shape index (κ2) is 9.88. The molecule has 0 radical (unpaired) electrons. The Morgan fingerprint density at radius 3 is 2.53 bits per heavy atom. The van der Waals surface area contributed by atoms with Gasteiger partial charge in [0.25, 0.3) is 0 Å². The third kappa shape index (κ3) is 5.57. The van der Waals surface area contributed by atoms with Crippen molar-refractivity contribution in [2.75, 3.05) is 0 Å². The molecule has 0 saturated heterocycles. The standard InChI is InChI=1S/C26H27NO3/c1-3-22(26(29)30)17-21-7-4-6-20(16-21)8-5-14-27-15-13-24(18-27)25(28)23-11-9-19(2)10-12-23/h4-13,15-16,18,22H,3,14,17H2,1-2H3,(H,29,30)/b8-5+. The second-order valence-corrected chi connectivity index (χ2v) is 7.59. The van der Waals surface area contributed by atoms with Crippen LogP contribution in [0.4, 0.5) is 0 Å². The van der Waals surface area contributed by atoms with Crippen molar-refractivity contribution in [3.05, 3.63) is 101 Å². The number of carboxylic acids is 1. The summed E-state index contributed by atoms with van der Waals surface area (Å²) in [6, 6.07) is 17.4. The van der Waals surface area contributed by atoms with E-state index < -0.39 is 5.97 Å². The van der Waals surface area contributed by atoms with E-state index in [2.05, 4.69) is 0 Å². The molecule has 1 aromatic heterocycles. The number of allylic oxidation sites excluding steroid dienone is 1. The quantitative estimate of drug-likeness (QED) is 0.489. The van der Waals surface area contributed by atoms with E-state index in [-0.39, 0.29) is 11.7 Å². The molecule has 154 valence electrons. The van der Waals surface area contributed by atoms with Crippen LogP contribution in [-0.2, 0) is 17.8 Å². The fourth-order valence-electron chi connectivity index (χ4n) is 3.39. The lowest BCUT2D eigenvalue weighted by Gasteiger charge is -2.10. The summed E-state index contributed by atoms with van der Waals surface area (Å²) < 4.78 is 1.97. The molecule has 4 nitrogen and oxygen atoms in total. The van der Waals surface area contributed by atoms with Gasteiger partial charge >= 0.3 is 5.97 Å². The molecule has 0 bridgehead atoms. The minimum atomic E-state index is -0.748. The van der Waals surface area contributed by atoms with Gasteiger partial charge in [-0.05, 0) is 37.0 Å². The Balaban J connectivity index is 1.62. The highest BCUT2D eigenvalue weighted by Crippen LogP contribution is 2.16. The molecule has 0 saturated carbocycles. The van der Waals surface area contributed by atoms with Crippen LogP contribution in [0.5, 0.6) is 0 Å². The van der Waals surface area contributed by atoms with Gasteiger partial charge in [0.05, 0.1) is 5.92 Å². The first-order valence-electron chi connectivity index (χ1n) is 10.2. The van der Waals surface area contributed by atoms with Crippen molar-refractivity contribution in [1.29, 1.82) is 0 Å². The molecule has 3 aromatic rings. The normalized spacial score (nSPS) is 12.2. The van der Waals surface area contributed by atoms with E-state index in [0.29, 0.717) is 30.5 Å². The Labute approximate surface area is 177 Å². The molecule has 1 heterocycles. The van der Waals surface area contributed by atoms with Gasteiger partial charge in [0.15, 0.2) is 5.78 Å². The molecule has 3 rings (SSSR count). The summed E-state index contributed by atoms with van der Waals surface area (Å²) in [5, 5.41) is 9.26. The number of aliphatic carboxylic acids is 1. The van der Waals surface area contributed by atoms with E-state index in [1.54, 1.807) is 0 Å². The summed E-state index contributed by atoms with van der Waals surface area (Å²) in [5.41, 5.74) is 4.56. The largest absolute Gasteiger partial charge is 0.481 e. The maximum Gasteiger partial charge on any atom is 0.306 e. The number of carboxylic acid groups (broad SMARTS) is 1. The Bertz CT molecular complexity index is 1040. The number of hydrogen-bond acceptors (Lipinski definition) is 2. The van der Waals surface area contributed by atoms with E-state index in [1.807, 2.05) is 97.6 Å². The molecule has 1 N–H and O–H groups in total. The van der Waals surface area contributed by atoms with Crippen LogP contribution in [0.1, 0.15) is 46.0 Å². The first-order valence-corrected chi connectivity index (χ1v) is 10.2. The van der Waals surface area contributed by atoms with Crippen molar-refractivity contribution in [3.63, 3.8) is 0 Å². The van der Waals surface area contributed by atoms with Gasteiger partial charge in [-0.1, -0.05) is 73.2 Å². The average molecular weight is 402 g/mol. The number of carbonyl (C=O) groups excluding carboxylic acids is 1. The predicted octanol–water partition coefficient (Wildman–Crippen LogP) is 5.39. The SMILES string of the molecule is CCC(Cc1cccc(/C=C/Cn2ccc(C(=O)c3ccc(C)cc3)c2)c1)C(=O)O. The van der Waals surface area contributed by atoms with E-state index in [1.165, 1.54) is 0 Å². The van der Waals surface area contributed by atoms with Crippen LogP contribution in [-0.4, -0.2) is 21.4 Å². The molecule has 30 heavy (non-hydrogen) atoms. The Hall–Kier alpha value is -3.40. The highest BCUT2D eigenvalue weighted by molar-refractivity contribution is 6.08. The number of aromatic nitrogens is 1. The molecule has 0 amide bonds. The lowest BCUT2D eigenvalue weighted by atomic mass is 9.96. The van der Waals surface area contributed by atoms with Gasteiger partial charge in [0.1, 0.15) is 0 Å². The number of rotatable bonds is 9. The number of hydrogen-bond donors (Lipinski definition) is 1. The number of carbonyl (C=O) groups is 2. The number of aryl methyl sites for hydroxylation is 1. The van der Waals surface area contributed by atoms with Crippen LogP contribution in [0.3, 0.4) is 0 Å². The zero-order chi connectivity index (χ0) is 21.5. The van der Waals surface area contributed by atoms with Crippen LogP contribution < -0.4 is 0 Å². The molecule has 1 unspecified atom stereocenters. The molecule has 0 fully saturated rings. The van der Waals surface area contributed by atoms with Gasteiger partial charge in [-0.25, -0.2) is 0 Å². The van der Waals surface area contributed by atoms with Crippen LogP contribution in [0.2, 0.25) is 0 Å². The van der Waals surface area contributed by atoms with Crippen molar-refractivity contribution >= 4 is 17.8 Å². The second-order valence-electron chi connectivity index (χ2n) is 7.59. The molecule has 0 aliphatic carbocycles. The van der Waals surface area contributed by atoms with Crippen molar-refractivity contribution in [1.82, 2.24) is 4.57 Å². The van der Waals surface area contributed by atoms with Crippen LogP contribution in [0.25, 0.3) is 6.08 Å². The van der Waals surface area contributed by atoms with E-state index in [9.17, 15) is 14.7 Å². The minimum absolute atomic E-state index is 0.0225. The fraction of sp³-hybridized carbons (Fsp3) is 0.231. The summed E-state index contributed by atoms with van der Waals surface area (Å²) >= 11 is 0. The fourth-order valence-corrected chi connectivity index (χ4v) is 3.39. The van der Waals surface area contributed by atoms with Gasteiger partial charge in [0, 0.05) is 30.1 Å². The number of ketones is 1. The first-order chi connectivity index (χ1) is 14.5. The highest BCUT2D eigenvalue weighted by atomic mass is 16.4. The molecule has 0 spiro atoms. The van der Waals surface area contributed by atoms with Crippen LogP contribution in [0.15, 0.2) is 73.1 Å². The third-order valence-corrected chi connectivity index (χ3v) is 5.23. The van der Waals surface area contributed by atoms with E-state index in [0.717, 1.165) is 16.7 Å². The summed E-state index contributed by atoms with van der Waals surface area (Å²) in [6.07, 6.45) is 8.98. The number of nitrogens with zero attached hydrogens (tertiary/aromatic N) is 1. The maximum atomic E-state index is 12.6. The van der Waals surface area contributed by atoms with Crippen molar-refractivity contribution < 1.29 is 14.7 Å². The summed E-state index contributed by atoms with van der Waals surface area (Å²) in [5.74, 6) is -1.08. The molecular formula is C26H27NO3. The smallest absolute Gasteiger partial charge is 0.306 e. The Morgan fingerprint density at radius 1 is 1.07 bits per heavy atom. The van der Waals surface area contributed by atoms with Gasteiger partial charge in [-0.2, -0.15) is 0 Å². The minimum Gasteiger partial charge on any atom is -0.481 e. The van der Waals surface area contributed by atoms with Gasteiger partial charge in [0.2, 0.25) is 0 Å². The summed E-state index contributed by atoms with van der Waals surface area (Å²) in [6.45, 7) is 4.55. The molecule has 1 atom stereocenters. The van der Waals surface area contributed by atoms with Gasteiger partial charge in [-0.3, -0.25) is 9.59 Å². The Kier molecular flexibility index (Phi) is 7.02. The van der Waals surface area contributed by atoms with Crippen molar-refractivity contribution in [3.8, 4) is 0 Å². The summed E-state index contributed by atoms with van der Waals surface area (Å²) in [4.78, 5) is 23.9. The van der Waals surface area contributed by atoms with Gasteiger partial charge < -0.3 is 9.67 Å². The molecule has 0 aliphatic heterocycles. The topological polar surface area (TPSA) is 59.3 Å². The van der Waals surface area contributed by atoms with E-state index in [4.69, 9.17) is 0 Å². The average Bonchev–Trinajstić information content (AvgIpc) is 3.21. The lowest BCUT2D eigenvalue weighted by Crippen LogP contribution is -2.15. The lowest BCUT2D eigenvalue weighted by molar-refractivity contribution is -0.141. The van der Waals surface area contributed by atoms with Crippen LogP contribution in [0, 0.1) is 12.8 Å².